The zero-order valence-corrected chi connectivity index (χ0v) is 17.4. The monoisotopic (exact) mass is 355 g/mol. The Balaban J connectivity index is 2.11. The first-order valence-electron chi connectivity index (χ1n) is 9.83. The van der Waals surface area contributed by atoms with E-state index in [-0.39, 0.29) is 5.54 Å². The number of nitrogens with zero attached hydrogens (tertiary/aromatic N) is 2. The van der Waals surface area contributed by atoms with Gasteiger partial charge in [0.1, 0.15) is 11.2 Å². The maximum atomic E-state index is 2.57. The van der Waals surface area contributed by atoms with Crippen LogP contribution in [0, 0.1) is 34.6 Å². The first-order chi connectivity index (χ1) is 12.8. The highest BCUT2D eigenvalue weighted by Gasteiger charge is 2.46. The molecule has 4 aromatic rings. The van der Waals surface area contributed by atoms with E-state index in [9.17, 15) is 0 Å². The van der Waals surface area contributed by atoms with Crippen molar-refractivity contribution in [2.24, 2.45) is 0 Å². The molecule has 0 radical (unpaired) electrons. The summed E-state index contributed by atoms with van der Waals surface area (Å²) in [4.78, 5) is 0. The number of aromatic nitrogens is 2. The third-order valence-electron chi connectivity index (χ3n) is 7.06. The van der Waals surface area contributed by atoms with Crippen LogP contribution in [0.5, 0.6) is 0 Å². The molecule has 0 spiro atoms. The minimum absolute atomic E-state index is 0.0640. The standard InChI is InChI=1S/C25H27N2/c1-14-15(2)17(4)26-18(5)27-24(23(26)16(14)3)22-20-11-9-8-10-19(20)12-13-21(22)25(27,6)7/h8-13H,1-7H3/q+1. The van der Waals surface area contributed by atoms with E-state index in [0.717, 1.165) is 0 Å². The van der Waals surface area contributed by atoms with Crippen molar-refractivity contribution >= 4 is 16.3 Å². The van der Waals surface area contributed by atoms with Gasteiger partial charge in [0.15, 0.2) is 11.2 Å². The lowest BCUT2D eigenvalue weighted by Crippen LogP contribution is -2.51. The fraction of sp³-hybridized carbons (Fsp3) is 0.320. The van der Waals surface area contributed by atoms with Crippen molar-refractivity contribution < 1.29 is 4.57 Å². The number of fused-ring (bicyclic) bond motifs is 7. The third-order valence-corrected chi connectivity index (χ3v) is 7.06. The summed E-state index contributed by atoms with van der Waals surface area (Å²) in [5.74, 6) is 1.31. The number of aryl methyl sites for hydroxylation is 3. The Morgan fingerprint density at radius 2 is 1.52 bits per heavy atom. The van der Waals surface area contributed by atoms with Gasteiger partial charge in [-0.2, -0.15) is 4.40 Å². The lowest BCUT2D eigenvalue weighted by atomic mass is 9.89. The highest BCUT2D eigenvalue weighted by Crippen LogP contribution is 2.45. The fourth-order valence-corrected chi connectivity index (χ4v) is 5.36. The molecule has 27 heavy (non-hydrogen) atoms. The van der Waals surface area contributed by atoms with Gasteiger partial charge in [0, 0.05) is 23.6 Å². The van der Waals surface area contributed by atoms with Crippen LogP contribution >= 0.6 is 0 Å². The maximum Gasteiger partial charge on any atom is 0.259 e. The molecule has 2 aromatic heterocycles. The second kappa shape index (κ2) is 5.01. The van der Waals surface area contributed by atoms with Gasteiger partial charge in [0.25, 0.3) is 5.82 Å². The molecule has 2 heteroatoms. The SMILES string of the molecule is Cc1c(C)c(C)n2c(C)[n+]3c(c2c1C)-c1c(ccc2ccccc12)C3(C)C. The minimum Gasteiger partial charge on any atom is -0.217 e. The quantitative estimate of drug-likeness (QED) is 0.358. The van der Waals surface area contributed by atoms with E-state index in [1.165, 1.54) is 61.3 Å². The molecule has 1 aliphatic heterocycles. The Morgan fingerprint density at radius 1 is 0.815 bits per heavy atom. The largest absolute Gasteiger partial charge is 0.259 e. The Hall–Kier alpha value is -2.61. The number of hydrogen-bond donors (Lipinski definition) is 0. The summed E-state index contributed by atoms with van der Waals surface area (Å²) < 4.78 is 5.05. The van der Waals surface area contributed by atoms with Crippen LogP contribution in [0.3, 0.4) is 0 Å². The highest BCUT2D eigenvalue weighted by molar-refractivity contribution is 6.01. The van der Waals surface area contributed by atoms with Crippen molar-refractivity contribution in [3.8, 4) is 11.3 Å². The van der Waals surface area contributed by atoms with E-state index in [2.05, 4.69) is 93.8 Å². The smallest absolute Gasteiger partial charge is 0.217 e. The third kappa shape index (κ3) is 1.79. The Morgan fingerprint density at radius 3 is 2.26 bits per heavy atom. The molecule has 0 unspecified atom stereocenters. The maximum absolute atomic E-state index is 2.57. The molecule has 136 valence electrons. The molecule has 0 bridgehead atoms. The van der Waals surface area contributed by atoms with Crippen LogP contribution in [-0.4, -0.2) is 4.40 Å². The number of benzene rings is 2. The van der Waals surface area contributed by atoms with Crippen molar-refractivity contribution in [1.29, 1.82) is 0 Å². The molecule has 5 rings (SSSR count). The van der Waals surface area contributed by atoms with Gasteiger partial charge in [-0.1, -0.05) is 36.4 Å². The average Bonchev–Trinajstić information content (AvgIpc) is 3.09. The summed E-state index contributed by atoms with van der Waals surface area (Å²) >= 11 is 0. The van der Waals surface area contributed by atoms with Crippen LogP contribution in [-0.2, 0) is 5.54 Å². The van der Waals surface area contributed by atoms with Crippen LogP contribution in [0.2, 0.25) is 0 Å². The summed E-state index contributed by atoms with van der Waals surface area (Å²) in [6, 6.07) is 13.4. The van der Waals surface area contributed by atoms with Crippen molar-refractivity contribution in [1.82, 2.24) is 4.40 Å². The van der Waals surface area contributed by atoms with Crippen LogP contribution in [0.4, 0.5) is 0 Å². The average molecular weight is 356 g/mol. The lowest BCUT2D eigenvalue weighted by Gasteiger charge is -2.19. The molecule has 0 N–H and O–H groups in total. The predicted molar refractivity (Wildman–Crippen MR) is 113 cm³/mol. The van der Waals surface area contributed by atoms with Gasteiger partial charge >= 0.3 is 0 Å². The second-order valence-corrected chi connectivity index (χ2v) is 8.64. The Labute approximate surface area is 161 Å². The van der Waals surface area contributed by atoms with Crippen LogP contribution in [0.1, 0.15) is 47.6 Å². The molecule has 0 fully saturated rings. The van der Waals surface area contributed by atoms with Gasteiger partial charge in [-0.15, -0.1) is 0 Å². The predicted octanol–water partition coefficient (Wildman–Crippen LogP) is 5.69. The van der Waals surface area contributed by atoms with E-state index < -0.39 is 0 Å². The summed E-state index contributed by atoms with van der Waals surface area (Å²) in [6.45, 7) is 16.0. The molecule has 0 amide bonds. The fourth-order valence-electron chi connectivity index (χ4n) is 5.36. The molecule has 0 aliphatic carbocycles. The summed E-state index contributed by atoms with van der Waals surface area (Å²) in [5.41, 5.74) is 11.1. The molecular weight excluding hydrogens is 328 g/mol. The van der Waals surface area contributed by atoms with Crippen LogP contribution < -0.4 is 4.57 Å². The molecule has 1 aliphatic rings. The van der Waals surface area contributed by atoms with E-state index >= 15 is 0 Å². The summed E-state index contributed by atoms with van der Waals surface area (Å²) in [5, 5.41) is 2.67. The van der Waals surface area contributed by atoms with E-state index in [1.54, 1.807) is 0 Å². The van der Waals surface area contributed by atoms with E-state index in [1.807, 2.05) is 0 Å². The van der Waals surface area contributed by atoms with E-state index in [0.29, 0.717) is 0 Å². The molecule has 2 aromatic carbocycles. The van der Waals surface area contributed by atoms with Gasteiger partial charge in [-0.05, 0) is 63.4 Å². The minimum atomic E-state index is -0.0640. The van der Waals surface area contributed by atoms with E-state index in [4.69, 9.17) is 0 Å². The molecule has 0 saturated carbocycles. The summed E-state index contributed by atoms with van der Waals surface area (Å²) in [7, 11) is 0. The topological polar surface area (TPSA) is 8.29 Å². The molecule has 0 saturated heterocycles. The van der Waals surface area contributed by atoms with Gasteiger partial charge in [-0.25, -0.2) is 4.57 Å². The summed E-state index contributed by atoms with van der Waals surface area (Å²) in [6.07, 6.45) is 0. The number of hydrogen-bond acceptors (Lipinski definition) is 0. The second-order valence-electron chi connectivity index (χ2n) is 8.64. The van der Waals surface area contributed by atoms with Crippen LogP contribution in [0.15, 0.2) is 36.4 Å². The Bertz CT molecular complexity index is 1290. The number of rotatable bonds is 0. The van der Waals surface area contributed by atoms with Gasteiger partial charge in [-0.3, -0.25) is 0 Å². The lowest BCUT2D eigenvalue weighted by molar-refractivity contribution is -0.736. The molecule has 0 atom stereocenters. The van der Waals surface area contributed by atoms with Gasteiger partial charge in [0.2, 0.25) is 0 Å². The van der Waals surface area contributed by atoms with Gasteiger partial charge < -0.3 is 0 Å². The van der Waals surface area contributed by atoms with Gasteiger partial charge in [0.05, 0.1) is 0 Å². The highest BCUT2D eigenvalue weighted by atomic mass is 15.2. The van der Waals surface area contributed by atoms with Crippen molar-refractivity contribution in [3.63, 3.8) is 0 Å². The van der Waals surface area contributed by atoms with Crippen molar-refractivity contribution in [2.45, 2.75) is 54.0 Å². The zero-order valence-electron chi connectivity index (χ0n) is 17.4. The van der Waals surface area contributed by atoms with Crippen molar-refractivity contribution in [2.75, 3.05) is 0 Å². The molecule has 2 nitrogen and oxygen atoms in total. The first-order valence-corrected chi connectivity index (χ1v) is 9.83. The van der Waals surface area contributed by atoms with Crippen molar-refractivity contribution in [3.05, 3.63) is 70.2 Å². The number of imidazole rings is 1. The normalized spacial score (nSPS) is 14.8. The number of pyridine rings is 1. The zero-order chi connectivity index (χ0) is 19.2. The van der Waals surface area contributed by atoms with Crippen LogP contribution in [0.25, 0.3) is 27.5 Å². The first kappa shape index (κ1) is 16.6. The molecular formula is C25H27N2+. The molecule has 3 heterocycles. The Kier molecular flexibility index (Phi) is 3.07.